The lowest BCUT2D eigenvalue weighted by Crippen LogP contribution is -2.01. The predicted molar refractivity (Wildman–Crippen MR) is 257 cm³/mol. The molecule has 14 heteroatoms. The van der Waals surface area contributed by atoms with E-state index in [-0.39, 0.29) is 21.6 Å². The smallest absolute Gasteiger partial charge is 0.233 e. The van der Waals surface area contributed by atoms with E-state index in [2.05, 4.69) is 124 Å². The van der Waals surface area contributed by atoms with Crippen LogP contribution in [0.15, 0.2) is 173 Å². The normalized spacial score (nSPS) is 10.8. The molecule has 9 aromatic rings. The fraction of sp³-hybridized carbons (Fsp3) is 0.114. The third-order valence-electron chi connectivity index (χ3n) is 8.33. The van der Waals surface area contributed by atoms with Gasteiger partial charge in [0, 0.05) is 27.4 Å². The molecule has 6 aromatic carbocycles. The van der Waals surface area contributed by atoms with Crippen LogP contribution in [0, 0.1) is 0 Å². The lowest BCUT2D eigenvalue weighted by molar-refractivity contribution is 0.595. The van der Waals surface area contributed by atoms with Gasteiger partial charge in [0.15, 0.2) is 0 Å². The zero-order chi connectivity index (χ0) is 40.2. The fourth-order valence-corrected chi connectivity index (χ4v) is 11.4. The zero-order valence-electron chi connectivity index (χ0n) is 31.5. The number of hydrogen-bond donors (Lipinski definition) is 2. The summed E-state index contributed by atoms with van der Waals surface area (Å²) in [5, 5.41) is 9.40. The predicted octanol–water partition coefficient (Wildman–Crippen LogP) is 13.6. The molecule has 0 aliphatic carbocycles. The molecule has 3 aromatic heterocycles. The Labute approximate surface area is 375 Å². The number of hydrogen-bond acceptors (Lipinski definition) is 11. The van der Waals surface area contributed by atoms with Crippen LogP contribution in [0.2, 0.25) is 0 Å². The monoisotopic (exact) mass is 962 g/mol. The van der Waals surface area contributed by atoms with Crippen LogP contribution in [0.3, 0.4) is 0 Å². The molecular formula is C44H40BrClN4O2S6. The maximum atomic E-state index is 12.5. The summed E-state index contributed by atoms with van der Waals surface area (Å²) in [6, 6.07) is 42.2. The number of nitrogens with two attached hydrogens (primary N) is 1. The third kappa shape index (κ3) is 12.4. The van der Waals surface area contributed by atoms with Gasteiger partial charge in [0.2, 0.25) is 14.2 Å². The number of thiol groups is 1. The van der Waals surface area contributed by atoms with E-state index in [1.165, 1.54) is 46.9 Å². The van der Waals surface area contributed by atoms with Gasteiger partial charge in [-0.1, -0.05) is 117 Å². The molecular weight excluding hydrogens is 924 g/mol. The van der Waals surface area contributed by atoms with Crippen LogP contribution in [-0.2, 0) is 29.2 Å². The number of sulfone groups is 1. The van der Waals surface area contributed by atoms with Gasteiger partial charge in [0.1, 0.15) is 0 Å². The first-order valence-corrected chi connectivity index (χ1v) is 23.9. The Kier molecular flexibility index (Phi) is 17.3. The molecule has 0 saturated heterocycles. The van der Waals surface area contributed by atoms with Crippen molar-refractivity contribution in [3.63, 3.8) is 0 Å². The molecule has 0 spiro atoms. The maximum Gasteiger partial charge on any atom is 0.233 e. The standard InChI is InChI=1S/C15H13NS2.C14H12N2O2S2.C10H8S.C5H6BrNS.ClH/c1-2-14-16-10-15(18-14)17-13-8-7-11-5-3-4-6-12(11)9-13;15-8-12-9-16-14(19-12)20(17,18)13-6-5-10-3-1-2-4-11(10)7-13;11-10-6-5-8-3-1-2-4-9(8)7-10;1-2-5-7-3-4(6)8-5;/h3-10H,2H2,1H3;1-7,9H,8,15H2;1-7,11H;3H,2H2,1H3;1H. The molecule has 3 heterocycles. The Morgan fingerprint density at radius 3 is 1.71 bits per heavy atom. The van der Waals surface area contributed by atoms with Crippen molar-refractivity contribution < 1.29 is 8.42 Å². The number of rotatable bonds is 7. The molecule has 0 amide bonds. The van der Waals surface area contributed by atoms with Gasteiger partial charge in [-0.3, -0.25) is 0 Å². The second kappa shape index (κ2) is 22.1. The molecule has 0 unspecified atom stereocenters. The van der Waals surface area contributed by atoms with Gasteiger partial charge in [0.25, 0.3) is 0 Å². The second-order valence-electron chi connectivity index (χ2n) is 12.3. The topological polar surface area (TPSA) is 98.8 Å². The van der Waals surface area contributed by atoms with E-state index in [9.17, 15) is 8.42 Å². The van der Waals surface area contributed by atoms with Crippen LogP contribution in [0.25, 0.3) is 32.3 Å². The van der Waals surface area contributed by atoms with Crippen molar-refractivity contribution in [3.05, 3.63) is 165 Å². The van der Waals surface area contributed by atoms with Gasteiger partial charge in [-0.2, -0.15) is 0 Å². The van der Waals surface area contributed by atoms with Gasteiger partial charge < -0.3 is 5.73 Å². The Balaban J connectivity index is 0.000000154. The lowest BCUT2D eigenvalue weighted by Gasteiger charge is -2.03. The number of fused-ring (bicyclic) bond motifs is 3. The highest BCUT2D eigenvalue weighted by atomic mass is 79.9. The van der Waals surface area contributed by atoms with Gasteiger partial charge in [0.05, 0.1) is 35.3 Å². The van der Waals surface area contributed by atoms with Crippen LogP contribution in [0.4, 0.5) is 0 Å². The average Bonchev–Trinajstić information content (AvgIpc) is 4.03. The molecule has 6 nitrogen and oxygen atoms in total. The highest BCUT2D eigenvalue weighted by Crippen LogP contribution is 2.34. The van der Waals surface area contributed by atoms with Crippen molar-refractivity contribution in [2.24, 2.45) is 5.73 Å². The molecule has 298 valence electrons. The molecule has 2 N–H and O–H groups in total. The number of halogens is 2. The van der Waals surface area contributed by atoms with Crippen molar-refractivity contribution in [3.8, 4) is 0 Å². The van der Waals surface area contributed by atoms with E-state index in [0.717, 1.165) is 48.5 Å². The number of nitrogens with zero attached hydrogens (tertiary/aromatic N) is 3. The molecule has 0 fully saturated rings. The largest absolute Gasteiger partial charge is 0.326 e. The molecule has 0 aliphatic heterocycles. The van der Waals surface area contributed by atoms with Crippen LogP contribution >= 0.6 is 86.7 Å². The molecule has 9 rings (SSSR count). The zero-order valence-corrected chi connectivity index (χ0v) is 38.9. The van der Waals surface area contributed by atoms with E-state index < -0.39 is 9.84 Å². The van der Waals surface area contributed by atoms with E-state index >= 15 is 0 Å². The van der Waals surface area contributed by atoms with Crippen LogP contribution in [0.5, 0.6) is 0 Å². The quantitative estimate of drug-likeness (QED) is 0.154. The molecule has 0 aliphatic rings. The van der Waals surface area contributed by atoms with Crippen molar-refractivity contribution in [2.45, 2.75) is 56.5 Å². The number of benzene rings is 6. The Morgan fingerprint density at radius 2 is 1.17 bits per heavy atom. The summed E-state index contributed by atoms with van der Waals surface area (Å²) in [5.74, 6) is 0. The van der Waals surface area contributed by atoms with Crippen LogP contribution < -0.4 is 5.73 Å². The van der Waals surface area contributed by atoms with Crippen molar-refractivity contribution in [1.82, 2.24) is 15.0 Å². The molecule has 58 heavy (non-hydrogen) atoms. The summed E-state index contributed by atoms with van der Waals surface area (Å²) in [6.45, 7) is 4.54. The number of aryl methyl sites for hydroxylation is 2. The minimum absolute atomic E-state index is 0. The van der Waals surface area contributed by atoms with Crippen molar-refractivity contribution in [1.29, 1.82) is 0 Å². The first kappa shape index (κ1) is 45.5. The number of aromatic nitrogens is 3. The summed E-state index contributed by atoms with van der Waals surface area (Å²) in [4.78, 5) is 15.8. The highest BCUT2D eigenvalue weighted by molar-refractivity contribution is 9.11. The maximum absolute atomic E-state index is 12.5. The Hall–Kier alpha value is -3.63. The van der Waals surface area contributed by atoms with E-state index in [1.807, 2.05) is 54.9 Å². The first-order chi connectivity index (χ1) is 27.6. The third-order valence-corrected chi connectivity index (χ3v) is 15.6. The van der Waals surface area contributed by atoms with Crippen LogP contribution in [-0.4, -0.2) is 23.4 Å². The fourth-order valence-electron chi connectivity index (χ4n) is 5.42. The second-order valence-corrected chi connectivity index (χ2v) is 21.0. The SMILES string of the molecule is CCc1ncc(Br)s1.CCc1ncc(Sc2ccc3ccccc3c2)s1.Cl.NCc1cnc(S(=O)(=O)c2ccc3ccccc3c2)s1.Sc1ccc2ccccc2c1. The van der Waals surface area contributed by atoms with Gasteiger partial charge in [-0.25, -0.2) is 23.4 Å². The minimum atomic E-state index is -3.57. The first-order valence-electron chi connectivity index (χ1n) is 17.9. The average molecular weight is 965 g/mol. The lowest BCUT2D eigenvalue weighted by atomic mass is 10.1. The summed E-state index contributed by atoms with van der Waals surface area (Å²) < 4.78 is 27.5. The van der Waals surface area contributed by atoms with E-state index in [4.69, 9.17) is 5.73 Å². The van der Waals surface area contributed by atoms with E-state index in [1.54, 1.807) is 52.6 Å². The Morgan fingerprint density at radius 1 is 0.638 bits per heavy atom. The number of thiazole rings is 3. The Bertz CT molecular complexity index is 2820. The summed E-state index contributed by atoms with van der Waals surface area (Å²) >= 11 is 14.0. The van der Waals surface area contributed by atoms with E-state index in [0.29, 0.717) is 6.54 Å². The summed E-state index contributed by atoms with van der Waals surface area (Å²) in [7, 11) is -3.57. The van der Waals surface area contributed by atoms with Gasteiger partial charge in [-0.15, -0.1) is 59.0 Å². The molecule has 0 bridgehead atoms. The summed E-state index contributed by atoms with van der Waals surface area (Å²) in [6.07, 6.45) is 7.38. The van der Waals surface area contributed by atoms with Gasteiger partial charge in [-0.05, 0) is 97.5 Å². The molecule has 0 atom stereocenters. The summed E-state index contributed by atoms with van der Waals surface area (Å²) in [5.41, 5.74) is 5.50. The highest BCUT2D eigenvalue weighted by Gasteiger charge is 2.22. The minimum Gasteiger partial charge on any atom is -0.326 e. The van der Waals surface area contributed by atoms with Crippen molar-refractivity contribution >= 4 is 129 Å². The van der Waals surface area contributed by atoms with Crippen LogP contribution in [0.1, 0.15) is 28.7 Å². The molecule has 0 radical (unpaired) electrons. The molecule has 0 saturated carbocycles. The van der Waals surface area contributed by atoms with Crippen molar-refractivity contribution in [2.75, 3.05) is 0 Å². The van der Waals surface area contributed by atoms with Gasteiger partial charge >= 0.3 is 0 Å².